The maximum Gasteiger partial charge on any atom is 0.158 e. The van der Waals surface area contributed by atoms with E-state index in [-0.39, 0.29) is 23.6 Å². The van der Waals surface area contributed by atoms with Crippen molar-refractivity contribution >= 4 is 11.9 Å². The minimum absolute atomic E-state index is 0.0141. The van der Waals surface area contributed by atoms with Crippen LogP contribution in [0.2, 0.25) is 0 Å². The Kier molecular flexibility index (Phi) is 6.39. The smallest absolute Gasteiger partial charge is 0.158 e. The highest BCUT2D eigenvalue weighted by atomic mass is 19.1. The molecule has 0 saturated carbocycles. The third-order valence-corrected chi connectivity index (χ3v) is 2.73. The molecule has 0 aliphatic heterocycles. The van der Waals surface area contributed by atoms with Crippen molar-refractivity contribution in [3.63, 3.8) is 0 Å². The normalized spacial score (nSPS) is 12.9. The van der Waals surface area contributed by atoms with E-state index in [4.69, 9.17) is 4.74 Å². The number of halogens is 1. The molecule has 0 heterocycles. The molecule has 1 aromatic carbocycles. The Balaban J connectivity index is 2.83. The van der Waals surface area contributed by atoms with Gasteiger partial charge in [-0.05, 0) is 37.7 Å². The monoisotopic (exact) mass is 279 g/mol. The molecule has 0 fully saturated rings. The van der Waals surface area contributed by atoms with Gasteiger partial charge >= 0.3 is 0 Å². The van der Waals surface area contributed by atoms with Gasteiger partial charge in [-0.1, -0.05) is 19.9 Å². The number of ketones is 1. The van der Waals surface area contributed by atoms with E-state index < -0.39 is 0 Å². The second kappa shape index (κ2) is 7.80. The molecule has 0 radical (unpaired) electrons. The first-order chi connectivity index (χ1) is 9.42. The molecule has 1 atom stereocenters. The van der Waals surface area contributed by atoms with Crippen molar-refractivity contribution in [1.29, 1.82) is 0 Å². The van der Waals surface area contributed by atoms with E-state index >= 15 is 0 Å². The van der Waals surface area contributed by atoms with Crippen molar-refractivity contribution in [3.05, 3.63) is 35.7 Å². The SMILES string of the molecule is CNCC(C)Oc1cc(F)cc(/C=C/C(=O)C(C)C)c1. The average Bonchev–Trinajstić information content (AvgIpc) is 2.35. The lowest BCUT2D eigenvalue weighted by Gasteiger charge is -2.14. The molecule has 0 saturated heterocycles. The molecule has 4 heteroatoms. The summed E-state index contributed by atoms with van der Waals surface area (Å²) in [4.78, 5) is 11.5. The number of ether oxygens (including phenoxy) is 1. The van der Waals surface area contributed by atoms with Crippen LogP contribution in [0.5, 0.6) is 5.75 Å². The lowest BCUT2D eigenvalue weighted by atomic mass is 10.1. The fraction of sp³-hybridized carbons (Fsp3) is 0.438. The standard InChI is InChI=1S/C16H22FNO2/c1-11(2)16(19)6-5-13-7-14(17)9-15(8-13)20-12(3)10-18-4/h5-9,11-12,18H,10H2,1-4H3/b6-5+. The van der Waals surface area contributed by atoms with Crippen molar-refractivity contribution in [3.8, 4) is 5.75 Å². The molecule has 0 bridgehead atoms. The van der Waals surface area contributed by atoms with E-state index in [9.17, 15) is 9.18 Å². The highest BCUT2D eigenvalue weighted by Gasteiger charge is 2.06. The summed E-state index contributed by atoms with van der Waals surface area (Å²) in [5, 5.41) is 2.99. The van der Waals surface area contributed by atoms with Gasteiger partial charge in [-0.25, -0.2) is 4.39 Å². The number of benzene rings is 1. The molecule has 20 heavy (non-hydrogen) atoms. The van der Waals surface area contributed by atoms with Crippen LogP contribution in [0.25, 0.3) is 6.08 Å². The minimum atomic E-state index is -0.379. The predicted octanol–water partition coefficient (Wildman–Crippen LogP) is 3.05. The Morgan fingerprint density at radius 1 is 1.35 bits per heavy atom. The highest BCUT2D eigenvalue weighted by molar-refractivity contribution is 5.94. The number of likely N-dealkylation sites (N-methyl/N-ethyl adjacent to an activating group) is 1. The number of allylic oxidation sites excluding steroid dienone is 1. The molecular formula is C16H22FNO2. The summed E-state index contributed by atoms with van der Waals surface area (Å²) in [5.41, 5.74) is 0.616. The molecule has 1 N–H and O–H groups in total. The number of nitrogens with one attached hydrogen (secondary N) is 1. The zero-order valence-corrected chi connectivity index (χ0v) is 12.4. The first kappa shape index (κ1) is 16.4. The molecule has 3 nitrogen and oxygen atoms in total. The van der Waals surface area contributed by atoms with Crippen molar-refractivity contribution in [2.24, 2.45) is 5.92 Å². The van der Waals surface area contributed by atoms with Gasteiger partial charge in [0.25, 0.3) is 0 Å². The number of hydrogen-bond donors (Lipinski definition) is 1. The Hall–Kier alpha value is -1.68. The van der Waals surface area contributed by atoms with E-state index in [1.807, 2.05) is 27.8 Å². The lowest BCUT2D eigenvalue weighted by molar-refractivity contribution is -0.117. The van der Waals surface area contributed by atoms with Crippen molar-refractivity contribution in [2.45, 2.75) is 26.9 Å². The van der Waals surface area contributed by atoms with Crippen molar-refractivity contribution in [2.75, 3.05) is 13.6 Å². The molecule has 0 spiro atoms. The van der Waals surface area contributed by atoms with Crippen LogP contribution in [0.1, 0.15) is 26.3 Å². The van der Waals surface area contributed by atoms with Gasteiger partial charge < -0.3 is 10.1 Å². The average molecular weight is 279 g/mol. The van der Waals surface area contributed by atoms with Gasteiger partial charge in [0, 0.05) is 18.5 Å². The predicted molar refractivity (Wildman–Crippen MR) is 79.3 cm³/mol. The molecule has 1 aromatic rings. The van der Waals surface area contributed by atoms with Crippen LogP contribution in [0.15, 0.2) is 24.3 Å². The third-order valence-electron chi connectivity index (χ3n) is 2.73. The zero-order chi connectivity index (χ0) is 15.1. The van der Waals surface area contributed by atoms with Crippen molar-refractivity contribution in [1.82, 2.24) is 5.32 Å². The van der Waals surface area contributed by atoms with Gasteiger partial charge in [0.1, 0.15) is 17.7 Å². The largest absolute Gasteiger partial charge is 0.489 e. The van der Waals surface area contributed by atoms with Gasteiger partial charge in [-0.15, -0.1) is 0 Å². The second-order valence-corrected chi connectivity index (χ2v) is 5.10. The molecule has 0 aliphatic rings. The van der Waals surface area contributed by atoms with Crippen molar-refractivity contribution < 1.29 is 13.9 Å². The number of hydrogen-bond acceptors (Lipinski definition) is 3. The van der Waals surface area contributed by atoms with Crippen LogP contribution in [-0.4, -0.2) is 25.5 Å². The number of carbonyl (C=O) groups excluding carboxylic acids is 1. The van der Waals surface area contributed by atoms with Crippen LogP contribution in [0.3, 0.4) is 0 Å². The Morgan fingerprint density at radius 2 is 2.05 bits per heavy atom. The maximum absolute atomic E-state index is 13.5. The third kappa shape index (κ3) is 5.53. The lowest BCUT2D eigenvalue weighted by Crippen LogP contribution is -2.26. The van der Waals surface area contributed by atoms with Gasteiger partial charge in [0.15, 0.2) is 5.78 Å². The molecule has 110 valence electrons. The zero-order valence-electron chi connectivity index (χ0n) is 12.4. The van der Waals surface area contributed by atoms with E-state index in [0.717, 1.165) is 0 Å². The van der Waals surface area contributed by atoms with Crippen LogP contribution in [-0.2, 0) is 4.79 Å². The topological polar surface area (TPSA) is 38.3 Å². The molecule has 0 aliphatic carbocycles. The summed E-state index contributed by atoms with van der Waals surface area (Å²) in [6, 6.07) is 4.44. The summed E-state index contributed by atoms with van der Waals surface area (Å²) in [7, 11) is 1.83. The molecule has 1 rings (SSSR count). The van der Waals surface area contributed by atoms with E-state index in [0.29, 0.717) is 17.9 Å². The first-order valence-corrected chi connectivity index (χ1v) is 6.76. The van der Waals surface area contributed by atoms with Gasteiger partial charge in [0.05, 0.1) is 0 Å². The van der Waals surface area contributed by atoms with Crippen LogP contribution >= 0.6 is 0 Å². The molecular weight excluding hydrogens is 257 g/mol. The summed E-state index contributed by atoms with van der Waals surface area (Å²) in [6.07, 6.45) is 3.03. The molecule has 0 aromatic heterocycles. The van der Waals surface area contributed by atoms with E-state index in [1.54, 1.807) is 12.1 Å². The van der Waals surface area contributed by atoms with Gasteiger partial charge in [0.2, 0.25) is 0 Å². The first-order valence-electron chi connectivity index (χ1n) is 6.76. The minimum Gasteiger partial charge on any atom is -0.489 e. The number of carbonyl (C=O) groups is 1. The van der Waals surface area contributed by atoms with Crippen LogP contribution < -0.4 is 10.1 Å². The fourth-order valence-electron chi connectivity index (χ4n) is 1.68. The second-order valence-electron chi connectivity index (χ2n) is 5.10. The van der Waals surface area contributed by atoms with E-state index in [2.05, 4.69) is 5.32 Å². The summed E-state index contributed by atoms with van der Waals surface area (Å²) < 4.78 is 19.1. The quantitative estimate of drug-likeness (QED) is 0.780. The fourth-order valence-corrected chi connectivity index (χ4v) is 1.68. The van der Waals surface area contributed by atoms with Gasteiger partial charge in [-0.3, -0.25) is 4.79 Å². The molecule has 1 unspecified atom stereocenters. The highest BCUT2D eigenvalue weighted by Crippen LogP contribution is 2.19. The summed E-state index contributed by atoms with van der Waals surface area (Å²) in [6.45, 7) is 6.23. The van der Waals surface area contributed by atoms with Crippen LogP contribution in [0.4, 0.5) is 4.39 Å². The summed E-state index contributed by atoms with van der Waals surface area (Å²) in [5.74, 6) is 0.0339. The molecule has 0 amide bonds. The Morgan fingerprint density at radius 3 is 2.65 bits per heavy atom. The van der Waals surface area contributed by atoms with Gasteiger partial charge in [-0.2, -0.15) is 0 Å². The Bertz CT molecular complexity index is 483. The Labute approximate surface area is 119 Å². The van der Waals surface area contributed by atoms with Crippen LogP contribution in [0, 0.1) is 11.7 Å². The summed E-state index contributed by atoms with van der Waals surface area (Å²) >= 11 is 0. The van der Waals surface area contributed by atoms with E-state index in [1.165, 1.54) is 18.2 Å². The maximum atomic E-state index is 13.5. The number of rotatable bonds is 7.